The summed E-state index contributed by atoms with van der Waals surface area (Å²) in [6.45, 7) is 6.46. The first kappa shape index (κ1) is 23.5. The summed E-state index contributed by atoms with van der Waals surface area (Å²) in [6.07, 6.45) is 1.18. The molecule has 11 heteroatoms. The molecule has 1 amide bonds. The zero-order valence-electron chi connectivity index (χ0n) is 19.3. The number of hydrogen-bond donors (Lipinski definition) is 2. The Bertz CT molecular complexity index is 1210. The van der Waals surface area contributed by atoms with Gasteiger partial charge in [0.25, 0.3) is 0 Å². The fraction of sp³-hybridized carbons (Fsp3) is 0.391. The number of aryl methyl sites for hydroxylation is 1. The second kappa shape index (κ2) is 8.96. The van der Waals surface area contributed by atoms with Crippen LogP contribution in [0.5, 0.6) is 0 Å². The average molecular weight is 474 g/mol. The quantitative estimate of drug-likeness (QED) is 0.561. The van der Waals surface area contributed by atoms with E-state index < -0.39 is 11.7 Å². The van der Waals surface area contributed by atoms with Crippen molar-refractivity contribution in [2.24, 2.45) is 5.92 Å². The highest BCUT2D eigenvalue weighted by molar-refractivity contribution is 6.04. The van der Waals surface area contributed by atoms with Crippen LogP contribution in [-0.4, -0.2) is 38.7 Å². The van der Waals surface area contributed by atoms with E-state index in [-0.39, 0.29) is 24.4 Å². The molecule has 1 aliphatic heterocycles. The Hall–Kier alpha value is -3.63. The maximum Gasteiger partial charge on any atom is 0.417 e. The van der Waals surface area contributed by atoms with Crippen LogP contribution in [0.4, 0.5) is 30.4 Å². The van der Waals surface area contributed by atoms with Crippen LogP contribution in [0.25, 0.3) is 0 Å². The van der Waals surface area contributed by atoms with Gasteiger partial charge in [-0.3, -0.25) is 14.5 Å². The summed E-state index contributed by atoms with van der Waals surface area (Å²) in [4.78, 5) is 22.7. The van der Waals surface area contributed by atoms with E-state index in [0.717, 1.165) is 23.5 Å². The number of alkyl halides is 3. The third kappa shape index (κ3) is 4.82. The van der Waals surface area contributed by atoms with Crippen molar-refractivity contribution in [3.8, 4) is 0 Å². The lowest BCUT2D eigenvalue weighted by Gasteiger charge is -2.38. The van der Waals surface area contributed by atoms with Crippen molar-refractivity contribution in [3.05, 3.63) is 59.3 Å². The smallest absolute Gasteiger partial charge is 0.366 e. The normalized spacial score (nSPS) is 15.9. The molecule has 34 heavy (non-hydrogen) atoms. The summed E-state index contributed by atoms with van der Waals surface area (Å²) in [5, 5.41) is 10.5. The second-order valence-corrected chi connectivity index (χ2v) is 8.76. The molecule has 0 saturated heterocycles. The number of rotatable bonds is 6. The minimum absolute atomic E-state index is 0.0426. The molecule has 2 N–H and O–H groups in total. The highest BCUT2D eigenvalue weighted by atomic mass is 19.4. The molecule has 4 rings (SSSR count). The Morgan fingerprint density at radius 1 is 1.18 bits per heavy atom. The summed E-state index contributed by atoms with van der Waals surface area (Å²) in [5.41, 5.74) is 2.77. The zero-order valence-corrected chi connectivity index (χ0v) is 19.3. The van der Waals surface area contributed by atoms with E-state index in [9.17, 15) is 18.0 Å². The molecule has 4 heterocycles. The molecule has 3 aromatic heterocycles. The average Bonchev–Trinajstić information content (AvgIpc) is 3.20. The topological polar surface area (TPSA) is 88.0 Å². The minimum atomic E-state index is -4.44. The highest BCUT2D eigenvalue weighted by Crippen LogP contribution is 2.36. The maximum absolute atomic E-state index is 12.9. The molecule has 1 aliphatic rings. The van der Waals surface area contributed by atoms with E-state index in [4.69, 9.17) is 0 Å². The van der Waals surface area contributed by atoms with Crippen LogP contribution in [0.1, 0.15) is 36.2 Å². The molecule has 0 bridgehead atoms. The molecular formula is C23H26F3N7O. The molecule has 1 atom stereocenters. The molecule has 0 unspecified atom stereocenters. The second-order valence-electron chi connectivity index (χ2n) is 8.76. The molecule has 0 spiro atoms. The van der Waals surface area contributed by atoms with Crippen LogP contribution >= 0.6 is 0 Å². The van der Waals surface area contributed by atoms with Crippen molar-refractivity contribution in [3.63, 3.8) is 0 Å². The van der Waals surface area contributed by atoms with E-state index in [1.165, 1.54) is 6.20 Å². The molecule has 0 radical (unpaired) electrons. The molecule has 0 saturated carbocycles. The maximum atomic E-state index is 12.9. The van der Waals surface area contributed by atoms with E-state index in [1.807, 2.05) is 38.8 Å². The van der Waals surface area contributed by atoms with Gasteiger partial charge in [-0.05, 0) is 24.5 Å². The van der Waals surface area contributed by atoms with E-state index in [2.05, 4.69) is 25.7 Å². The predicted octanol–water partition coefficient (Wildman–Crippen LogP) is 4.07. The number of nitrogens with zero attached hydrogens (tertiary/aromatic N) is 5. The van der Waals surface area contributed by atoms with E-state index in [1.54, 1.807) is 17.1 Å². The summed E-state index contributed by atoms with van der Waals surface area (Å²) in [6, 6.07) is 2.70. The first-order valence-corrected chi connectivity index (χ1v) is 10.8. The Kier molecular flexibility index (Phi) is 6.20. The van der Waals surface area contributed by atoms with Crippen LogP contribution in [0.15, 0.2) is 36.9 Å². The highest BCUT2D eigenvalue weighted by Gasteiger charge is 2.34. The van der Waals surface area contributed by atoms with Gasteiger partial charge in [0, 0.05) is 43.8 Å². The first-order valence-electron chi connectivity index (χ1n) is 10.8. The van der Waals surface area contributed by atoms with Crippen molar-refractivity contribution in [2.75, 3.05) is 22.6 Å². The number of nitrogens with one attached hydrogen (secondary N) is 2. The Labute approximate surface area is 195 Å². The van der Waals surface area contributed by atoms with Gasteiger partial charge in [-0.15, -0.1) is 0 Å². The molecule has 8 nitrogen and oxygen atoms in total. The Morgan fingerprint density at radius 2 is 1.94 bits per heavy atom. The van der Waals surface area contributed by atoms with Gasteiger partial charge in [-0.2, -0.15) is 18.3 Å². The van der Waals surface area contributed by atoms with Gasteiger partial charge in [-0.25, -0.2) is 4.98 Å². The number of aromatic nitrogens is 4. The zero-order chi connectivity index (χ0) is 24.6. The van der Waals surface area contributed by atoms with Crippen molar-refractivity contribution >= 4 is 23.1 Å². The van der Waals surface area contributed by atoms with Crippen molar-refractivity contribution in [1.29, 1.82) is 0 Å². The van der Waals surface area contributed by atoms with Crippen LogP contribution < -0.4 is 15.5 Å². The summed E-state index contributed by atoms with van der Waals surface area (Å²) in [5.74, 6) is 0.747. The molecule has 0 aromatic carbocycles. The van der Waals surface area contributed by atoms with Gasteiger partial charge < -0.3 is 15.5 Å². The van der Waals surface area contributed by atoms with Crippen molar-refractivity contribution < 1.29 is 18.0 Å². The number of anilines is 3. The number of halogens is 3. The largest absolute Gasteiger partial charge is 0.417 e. The van der Waals surface area contributed by atoms with Crippen molar-refractivity contribution in [1.82, 2.24) is 19.7 Å². The fourth-order valence-electron chi connectivity index (χ4n) is 4.14. The van der Waals surface area contributed by atoms with Gasteiger partial charge in [0.05, 0.1) is 35.4 Å². The SMILES string of the molecule is Cc1nc(NCc2cnn(Cc3cncc(C(F)(F)F)c3)c2)cc2c1NC(=O)[C@H](C(C)C)N2C. The summed E-state index contributed by atoms with van der Waals surface area (Å²) in [7, 11) is 1.90. The molecule has 3 aromatic rings. The lowest BCUT2D eigenvalue weighted by atomic mass is 9.98. The molecule has 180 valence electrons. The minimum Gasteiger partial charge on any atom is -0.366 e. The number of carbonyl (C=O) groups is 1. The van der Waals surface area contributed by atoms with Crippen LogP contribution in [0.2, 0.25) is 0 Å². The van der Waals surface area contributed by atoms with E-state index in [0.29, 0.717) is 29.3 Å². The van der Waals surface area contributed by atoms with Gasteiger partial charge in [0.2, 0.25) is 5.91 Å². The summed E-state index contributed by atoms with van der Waals surface area (Å²) >= 11 is 0. The lowest BCUT2D eigenvalue weighted by Crippen LogP contribution is -2.49. The van der Waals surface area contributed by atoms with Gasteiger partial charge in [0.15, 0.2) is 0 Å². The van der Waals surface area contributed by atoms with Gasteiger partial charge in [0.1, 0.15) is 11.9 Å². The van der Waals surface area contributed by atoms with E-state index >= 15 is 0 Å². The monoisotopic (exact) mass is 473 g/mol. The third-order valence-corrected chi connectivity index (χ3v) is 5.75. The molecular weight excluding hydrogens is 447 g/mol. The fourth-order valence-corrected chi connectivity index (χ4v) is 4.14. The lowest BCUT2D eigenvalue weighted by molar-refractivity contribution is -0.137. The van der Waals surface area contributed by atoms with Gasteiger partial charge in [-0.1, -0.05) is 13.8 Å². The Morgan fingerprint density at radius 3 is 2.65 bits per heavy atom. The number of pyridine rings is 2. The molecule has 0 fully saturated rings. The standard InChI is InChI=1S/C23H26F3N7O/c1-13(2)21-22(34)31-20-14(3)30-19(6-18(20)32(21)4)28-8-16-9-29-33(12-16)11-15-5-17(10-27-7-15)23(24,25)26/h5-7,9-10,12-13,21H,8,11H2,1-4H3,(H,28,30)(H,31,34)/t21-/m0/s1. The van der Waals surface area contributed by atoms with Crippen LogP contribution in [-0.2, 0) is 24.1 Å². The number of fused-ring (bicyclic) bond motifs is 1. The third-order valence-electron chi connectivity index (χ3n) is 5.75. The predicted molar refractivity (Wildman–Crippen MR) is 123 cm³/mol. The number of likely N-dealkylation sites (N-methyl/N-ethyl adjacent to an activating group) is 1. The number of hydrogen-bond acceptors (Lipinski definition) is 6. The Balaban J connectivity index is 1.45. The van der Waals surface area contributed by atoms with Crippen LogP contribution in [0, 0.1) is 12.8 Å². The number of amides is 1. The van der Waals surface area contributed by atoms with Crippen molar-refractivity contribution in [2.45, 2.75) is 46.1 Å². The molecule has 0 aliphatic carbocycles. The van der Waals surface area contributed by atoms with Gasteiger partial charge >= 0.3 is 6.18 Å². The first-order chi connectivity index (χ1) is 16.0. The summed E-state index contributed by atoms with van der Waals surface area (Å²) < 4.78 is 40.3. The number of carbonyl (C=O) groups excluding carboxylic acids is 1. The van der Waals surface area contributed by atoms with Crippen LogP contribution in [0.3, 0.4) is 0 Å².